The van der Waals surface area contributed by atoms with Crippen molar-refractivity contribution in [2.45, 2.75) is 119 Å². The lowest BCUT2D eigenvalue weighted by molar-refractivity contribution is 0.0696. The quantitative estimate of drug-likeness (QED) is 0.0803. The predicted octanol–water partition coefficient (Wildman–Crippen LogP) is 10.5. The van der Waals surface area contributed by atoms with Crippen molar-refractivity contribution in [3.05, 3.63) is 35.9 Å². The number of carboxylic acids is 1. The van der Waals surface area contributed by atoms with Crippen LogP contribution in [-0.2, 0) is 36.3 Å². The average Bonchev–Trinajstić information content (AvgIpc) is 2.99. The van der Waals surface area contributed by atoms with Crippen molar-refractivity contribution in [1.29, 1.82) is 0 Å². The third-order valence-corrected chi connectivity index (χ3v) is 8.50. The molecule has 0 radical (unpaired) electrons. The van der Waals surface area contributed by atoms with Gasteiger partial charge in [0.1, 0.15) is 0 Å². The normalized spacial score (nSPS) is 11.3. The molecule has 0 heterocycles. The van der Waals surface area contributed by atoms with Crippen molar-refractivity contribution in [3.63, 3.8) is 0 Å². The Morgan fingerprint density at radius 1 is 0.512 bits per heavy atom. The molecular formula is C31H60O10P2. The third kappa shape index (κ3) is 28.1. The molecule has 1 N–H and O–H groups in total. The Kier molecular flexibility index (Phi) is 31.7. The molecule has 0 amide bonds. The molecule has 1 aromatic rings. The van der Waals surface area contributed by atoms with Gasteiger partial charge in [-0.2, -0.15) is 0 Å². The van der Waals surface area contributed by atoms with E-state index >= 15 is 0 Å². The van der Waals surface area contributed by atoms with Crippen molar-refractivity contribution in [2.75, 3.05) is 39.6 Å². The number of benzene rings is 1. The second-order valence-corrected chi connectivity index (χ2v) is 13.0. The summed E-state index contributed by atoms with van der Waals surface area (Å²) in [6.45, 7) is 15.0. The fraction of sp³-hybridized carbons (Fsp3) is 0.774. The number of phosphoric ester groups is 2. The summed E-state index contributed by atoms with van der Waals surface area (Å²) < 4.78 is 56.0. The van der Waals surface area contributed by atoms with E-state index in [0.717, 1.165) is 77.0 Å². The first-order chi connectivity index (χ1) is 20.7. The monoisotopic (exact) mass is 654 g/mol. The zero-order chi connectivity index (χ0) is 32.7. The van der Waals surface area contributed by atoms with Gasteiger partial charge in [-0.05, 0) is 50.7 Å². The highest BCUT2D eigenvalue weighted by molar-refractivity contribution is 7.48. The highest BCUT2D eigenvalue weighted by atomic mass is 31.2. The van der Waals surface area contributed by atoms with Gasteiger partial charge < -0.3 is 5.11 Å². The third-order valence-electron chi connectivity index (χ3n) is 5.50. The van der Waals surface area contributed by atoms with Gasteiger partial charge in [0.25, 0.3) is 0 Å². The summed E-state index contributed by atoms with van der Waals surface area (Å²) in [6, 6.07) is 8.30. The number of aromatic carboxylic acids is 1. The Morgan fingerprint density at radius 2 is 0.744 bits per heavy atom. The number of unbranched alkanes of at least 4 members (excludes halogenated alkanes) is 6. The predicted molar refractivity (Wildman–Crippen MR) is 174 cm³/mol. The first-order valence-electron chi connectivity index (χ1n) is 16.0. The van der Waals surface area contributed by atoms with Gasteiger partial charge in [0.15, 0.2) is 0 Å². The summed E-state index contributed by atoms with van der Waals surface area (Å²) in [5.41, 5.74) is 0.331. The van der Waals surface area contributed by atoms with E-state index in [1.165, 1.54) is 0 Å². The summed E-state index contributed by atoms with van der Waals surface area (Å²) in [4.78, 5) is 10.2. The van der Waals surface area contributed by atoms with Crippen LogP contribution in [0.15, 0.2) is 30.3 Å². The molecule has 0 aliphatic rings. The van der Waals surface area contributed by atoms with Crippen molar-refractivity contribution < 1.29 is 46.2 Å². The minimum atomic E-state index is -3.31. The van der Waals surface area contributed by atoms with Crippen molar-refractivity contribution in [3.8, 4) is 0 Å². The molecule has 10 nitrogen and oxygen atoms in total. The molecule has 0 aliphatic heterocycles. The van der Waals surface area contributed by atoms with Crippen LogP contribution in [0.25, 0.3) is 0 Å². The maximum absolute atomic E-state index is 12.2. The Labute approximate surface area is 261 Å². The van der Waals surface area contributed by atoms with Gasteiger partial charge >= 0.3 is 21.6 Å². The largest absolute Gasteiger partial charge is 0.478 e. The van der Waals surface area contributed by atoms with Gasteiger partial charge in [-0.1, -0.05) is 98.3 Å². The summed E-state index contributed by atoms with van der Waals surface area (Å²) in [7, 11) is -6.62. The zero-order valence-corrected chi connectivity index (χ0v) is 29.4. The van der Waals surface area contributed by atoms with Crippen LogP contribution < -0.4 is 0 Å². The standard InChI is InChI=1S/2C12H27O4P.C7H6O2/c2*1-4-7-10-14-17(13,15-11-8-5-2)16-12-9-6-3;8-7(9)6-4-2-1-3-5-6/h2*4-12H2,1-3H3;1-5H,(H,8,9). The van der Waals surface area contributed by atoms with Crippen LogP contribution in [0.2, 0.25) is 0 Å². The second-order valence-electron chi connectivity index (χ2n) is 9.69. The lowest BCUT2D eigenvalue weighted by Gasteiger charge is -2.17. The lowest BCUT2D eigenvalue weighted by Crippen LogP contribution is -2.03. The summed E-state index contributed by atoms with van der Waals surface area (Å²) in [5, 5.41) is 8.38. The molecule has 0 fully saturated rings. The van der Waals surface area contributed by atoms with Crippen LogP contribution in [0.3, 0.4) is 0 Å². The average molecular weight is 655 g/mol. The second kappa shape index (κ2) is 30.9. The van der Waals surface area contributed by atoms with E-state index < -0.39 is 21.6 Å². The van der Waals surface area contributed by atoms with Crippen molar-refractivity contribution >= 4 is 21.6 Å². The molecule has 254 valence electrons. The number of hydrogen-bond donors (Lipinski definition) is 1. The highest BCUT2D eigenvalue weighted by Crippen LogP contribution is 2.50. The van der Waals surface area contributed by atoms with Gasteiger partial charge in [0, 0.05) is 0 Å². The van der Waals surface area contributed by atoms with Crippen molar-refractivity contribution in [1.82, 2.24) is 0 Å². The summed E-state index contributed by atoms with van der Waals surface area (Å²) in [5.74, 6) is -0.879. The molecule has 0 aromatic heterocycles. The Bertz CT molecular complexity index is 729. The molecule has 0 unspecified atom stereocenters. The molecule has 1 aromatic carbocycles. The van der Waals surface area contributed by atoms with E-state index in [4.69, 9.17) is 32.2 Å². The van der Waals surface area contributed by atoms with Crippen LogP contribution in [0, 0.1) is 0 Å². The fourth-order valence-electron chi connectivity index (χ4n) is 2.73. The van der Waals surface area contributed by atoms with Crippen LogP contribution in [0.1, 0.15) is 129 Å². The summed E-state index contributed by atoms with van der Waals surface area (Å²) in [6.07, 6.45) is 11.3. The molecule has 0 spiro atoms. The molecule has 12 heteroatoms. The smallest absolute Gasteiger partial charge is 0.474 e. The van der Waals surface area contributed by atoms with Gasteiger partial charge in [0.2, 0.25) is 0 Å². The Balaban J connectivity index is 0. The number of phosphoric acid groups is 2. The van der Waals surface area contributed by atoms with E-state index in [2.05, 4.69) is 41.5 Å². The molecule has 0 atom stereocenters. The van der Waals surface area contributed by atoms with E-state index in [1.54, 1.807) is 30.3 Å². The maximum Gasteiger partial charge on any atom is 0.474 e. The first kappa shape index (κ1) is 44.0. The minimum Gasteiger partial charge on any atom is -0.478 e. The van der Waals surface area contributed by atoms with Crippen LogP contribution in [-0.4, -0.2) is 50.7 Å². The molecule has 0 saturated heterocycles. The SMILES string of the molecule is CCCCOP(=O)(OCCCC)OCCCC.CCCCOP(=O)(OCCCC)OCCCC.O=C(O)c1ccccc1. The molecule has 0 bridgehead atoms. The van der Waals surface area contributed by atoms with E-state index in [9.17, 15) is 13.9 Å². The zero-order valence-electron chi connectivity index (χ0n) is 27.6. The van der Waals surface area contributed by atoms with Gasteiger partial charge in [-0.25, -0.2) is 13.9 Å². The molecule has 0 aliphatic carbocycles. The van der Waals surface area contributed by atoms with Crippen LogP contribution in [0.4, 0.5) is 0 Å². The number of carboxylic acid groups (broad SMARTS) is 1. The van der Waals surface area contributed by atoms with Crippen LogP contribution >= 0.6 is 15.6 Å². The van der Waals surface area contributed by atoms with Gasteiger partial charge in [0.05, 0.1) is 45.2 Å². The molecule has 43 heavy (non-hydrogen) atoms. The number of rotatable bonds is 25. The maximum atomic E-state index is 12.2. The van der Waals surface area contributed by atoms with Crippen LogP contribution in [0.5, 0.6) is 0 Å². The fourth-order valence-corrected chi connectivity index (χ4v) is 5.29. The number of carbonyl (C=O) groups is 1. The summed E-state index contributed by atoms with van der Waals surface area (Å²) >= 11 is 0. The molecular weight excluding hydrogens is 594 g/mol. The molecule has 1 rings (SSSR count). The van der Waals surface area contributed by atoms with Gasteiger partial charge in [-0.3, -0.25) is 27.1 Å². The Morgan fingerprint density at radius 3 is 0.907 bits per heavy atom. The lowest BCUT2D eigenvalue weighted by atomic mass is 10.2. The topological polar surface area (TPSA) is 127 Å². The van der Waals surface area contributed by atoms with Gasteiger partial charge in [-0.15, -0.1) is 0 Å². The van der Waals surface area contributed by atoms with E-state index in [0.29, 0.717) is 45.2 Å². The highest BCUT2D eigenvalue weighted by Gasteiger charge is 2.26. The minimum absolute atomic E-state index is 0.331. The van der Waals surface area contributed by atoms with E-state index in [1.807, 2.05) is 0 Å². The Hall–Kier alpha value is -1.09. The number of hydrogen-bond acceptors (Lipinski definition) is 9. The first-order valence-corrected chi connectivity index (χ1v) is 18.9. The van der Waals surface area contributed by atoms with E-state index in [-0.39, 0.29) is 0 Å². The van der Waals surface area contributed by atoms with Crippen molar-refractivity contribution in [2.24, 2.45) is 0 Å². The molecule has 0 saturated carbocycles.